The molecule has 1 atom stereocenters. The lowest BCUT2D eigenvalue weighted by Gasteiger charge is -2.17. The summed E-state index contributed by atoms with van der Waals surface area (Å²) in [5.74, 6) is -0.714. The van der Waals surface area contributed by atoms with Crippen molar-refractivity contribution in [1.82, 2.24) is 0 Å². The van der Waals surface area contributed by atoms with Crippen LogP contribution < -0.4 is 14.4 Å². The van der Waals surface area contributed by atoms with Crippen LogP contribution in [0, 0.1) is 5.92 Å². The van der Waals surface area contributed by atoms with Crippen LogP contribution in [0.25, 0.3) is 0 Å². The molecular weight excluding hydrogens is 238 g/mol. The average molecular weight is 249 g/mol. The zero-order chi connectivity index (χ0) is 12.7. The van der Waals surface area contributed by atoms with E-state index in [0.717, 1.165) is 0 Å². The summed E-state index contributed by atoms with van der Waals surface area (Å²) in [5.41, 5.74) is 0.582. The highest BCUT2D eigenvalue weighted by Gasteiger charge is 2.37. The van der Waals surface area contributed by atoms with Crippen molar-refractivity contribution in [3.8, 4) is 11.5 Å². The zero-order valence-electron chi connectivity index (χ0n) is 9.46. The number of rotatable bonds is 2. The third-order valence-corrected chi connectivity index (χ3v) is 3.14. The second-order valence-electron chi connectivity index (χ2n) is 4.25. The van der Waals surface area contributed by atoms with Crippen molar-refractivity contribution in [2.45, 2.75) is 6.42 Å². The van der Waals surface area contributed by atoms with Crippen molar-refractivity contribution in [1.29, 1.82) is 0 Å². The third kappa shape index (κ3) is 1.57. The van der Waals surface area contributed by atoms with Crippen molar-refractivity contribution in [3.05, 3.63) is 18.2 Å². The third-order valence-electron chi connectivity index (χ3n) is 3.14. The molecule has 3 rings (SSSR count). The number of ether oxygens (including phenoxy) is 2. The summed E-state index contributed by atoms with van der Waals surface area (Å²) in [6.45, 7) is 0.296. The van der Waals surface area contributed by atoms with E-state index >= 15 is 0 Å². The molecule has 0 spiro atoms. The number of anilines is 1. The second kappa shape index (κ2) is 3.90. The Labute approximate surface area is 103 Å². The predicted octanol–water partition coefficient (Wildman–Crippen LogP) is 0.853. The van der Waals surface area contributed by atoms with Crippen LogP contribution in [0.5, 0.6) is 11.5 Å². The highest BCUT2D eigenvalue weighted by atomic mass is 16.7. The SMILES string of the molecule is O=C(O)C1CC(=O)N(c2cccc3c2OCO3)C1. The van der Waals surface area contributed by atoms with Gasteiger partial charge in [-0.2, -0.15) is 0 Å². The van der Waals surface area contributed by atoms with Crippen LogP contribution in [0.15, 0.2) is 18.2 Å². The minimum atomic E-state index is -0.949. The number of para-hydroxylation sites is 1. The molecule has 1 aromatic carbocycles. The van der Waals surface area contributed by atoms with E-state index in [2.05, 4.69) is 0 Å². The van der Waals surface area contributed by atoms with E-state index in [1.165, 1.54) is 4.90 Å². The highest BCUT2D eigenvalue weighted by molar-refractivity contribution is 6.00. The van der Waals surface area contributed by atoms with Gasteiger partial charge in [0, 0.05) is 13.0 Å². The minimum absolute atomic E-state index is 0.0276. The van der Waals surface area contributed by atoms with Gasteiger partial charge in [-0.1, -0.05) is 6.07 Å². The van der Waals surface area contributed by atoms with Gasteiger partial charge in [0.05, 0.1) is 11.6 Å². The van der Waals surface area contributed by atoms with Gasteiger partial charge in [-0.3, -0.25) is 9.59 Å². The van der Waals surface area contributed by atoms with Gasteiger partial charge in [-0.15, -0.1) is 0 Å². The Morgan fingerprint density at radius 1 is 1.39 bits per heavy atom. The summed E-state index contributed by atoms with van der Waals surface area (Å²) in [6, 6.07) is 5.24. The maximum Gasteiger partial charge on any atom is 0.308 e. The summed E-state index contributed by atoms with van der Waals surface area (Å²) < 4.78 is 10.6. The topological polar surface area (TPSA) is 76.1 Å². The largest absolute Gasteiger partial charge is 0.481 e. The van der Waals surface area contributed by atoms with Crippen molar-refractivity contribution in [2.24, 2.45) is 5.92 Å². The zero-order valence-corrected chi connectivity index (χ0v) is 9.46. The van der Waals surface area contributed by atoms with Gasteiger partial charge in [0.2, 0.25) is 12.7 Å². The molecule has 2 aliphatic rings. The fourth-order valence-electron chi connectivity index (χ4n) is 2.23. The Bertz CT molecular complexity index is 527. The van der Waals surface area contributed by atoms with Crippen molar-refractivity contribution in [3.63, 3.8) is 0 Å². The Kier molecular flexibility index (Phi) is 2.36. The van der Waals surface area contributed by atoms with Crippen LogP contribution in [0.4, 0.5) is 5.69 Å². The first-order valence-corrected chi connectivity index (χ1v) is 5.58. The molecule has 0 aliphatic carbocycles. The molecule has 1 amide bonds. The normalized spacial score (nSPS) is 21.4. The Morgan fingerprint density at radius 3 is 2.94 bits per heavy atom. The average Bonchev–Trinajstić information content (AvgIpc) is 2.94. The Balaban J connectivity index is 1.94. The van der Waals surface area contributed by atoms with Gasteiger partial charge in [0.15, 0.2) is 11.5 Å². The molecule has 6 heteroatoms. The molecule has 94 valence electrons. The Hall–Kier alpha value is -2.24. The van der Waals surface area contributed by atoms with Gasteiger partial charge in [0.1, 0.15) is 0 Å². The van der Waals surface area contributed by atoms with Crippen LogP contribution in [0.3, 0.4) is 0 Å². The molecule has 2 heterocycles. The molecule has 6 nitrogen and oxygen atoms in total. The van der Waals surface area contributed by atoms with E-state index in [0.29, 0.717) is 17.2 Å². The molecule has 0 radical (unpaired) electrons. The number of amides is 1. The molecule has 0 aromatic heterocycles. The number of aliphatic carboxylic acids is 1. The van der Waals surface area contributed by atoms with Crippen molar-refractivity contribution < 1.29 is 24.2 Å². The van der Waals surface area contributed by atoms with E-state index < -0.39 is 11.9 Å². The lowest BCUT2D eigenvalue weighted by molar-refractivity contribution is -0.141. The summed E-state index contributed by atoms with van der Waals surface area (Å²) in [4.78, 5) is 24.2. The lowest BCUT2D eigenvalue weighted by atomic mass is 10.1. The maximum absolute atomic E-state index is 11.9. The summed E-state index contributed by atoms with van der Waals surface area (Å²) in [6.07, 6.45) is 0.0276. The minimum Gasteiger partial charge on any atom is -0.481 e. The van der Waals surface area contributed by atoms with E-state index in [4.69, 9.17) is 14.6 Å². The number of fused-ring (bicyclic) bond motifs is 1. The predicted molar refractivity (Wildman–Crippen MR) is 60.7 cm³/mol. The van der Waals surface area contributed by atoms with E-state index in [-0.39, 0.29) is 25.7 Å². The van der Waals surface area contributed by atoms with Crippen LogP contribution in [-0.4, -0.2) is 30.3 Å². The van der Waals surface area contributed by atoms with E-state index in [1.54, 1.807) is 18.2 Å². The molecule has 2 aliphatic heterocycles. The number of hydrogen-bond acceptors (Lipinski definition) is 4. The maximum atomic E-state index is 11.9. The molecule has 1 unspecified atom stereocenters. The Morgan fingerprint density at radius 2 is 2.22 bits per heavy atom. The number of carboxylic acid groups (broad SMARTS) is 1. The van der Waals surface area contributed by atoms with Gasteiger partial charge < -0.3 is 19.5 Å². The standard InChI is InChI=1S/C12H11NO5/c14-10-4-7(12(15)16)5-13(10)8-2-1-3-9-11(8)18-6-17-9/h1-3,7H,4-6H2,(H,15,16). The van der Waals surface area contributed by atoms with Crippen molar-refractivity contribution >= 4 is 17.6 Å². The molecule has 1 N–H and O–H groups in total. The first-order valence-electron chi connectivity index (χ1n) is 5.58. The van der Waals surface area contributed by atoms with Gasteiger partial charge in [0.25, 0.3) is 0 Å². The molecule has 1 saturated heterocycles. The smallest absolute Gasteiger partial charge is 0.308 e. The number of nitrogens with zero attached hydrogens (tertiary/aromatic N) is 1. The molecule has 0 saturated carbocycles. The summed E-state index contributed by atoms with van der Waals surface area (Å²) in [7, 11) is 0. The van der Waals surface area contributed by atoms with Crippen molar-refractivity contribution in [2.75, 3.05) is 18.2 Å². The number of carbonyl (C=O) groups is 2. The fraction of sp³-hybridized carbons (Fsp3) is 0.333. The quantitative estimate of drug-likeness (QED) is 0.841. The number of carboxylic acids is 1. The van der Waals surface area contributed by atoms with E-state index in [1.807, 2.05) is 0 Å². The second-order valence-corrected chi connectivity index (χ2v) is 4.25. The van der Waals surface area contributed by atoms with Crippen LogP contribution in [-0.2, 0) is 9.59 Å². The van der Waals surface area contributed by atoms with Crippen LogP contribution in [0.1, 0.15) is 6.42 Å². The highest BCUT2D eigenvalue weighted by Crippen LogP contribution is 2.42. The fourth-order valence-corrected chi connectivity index (χ4v) is 2.23. The first kappa shape index (κ1) is 10.9. The molecule has 1 fully saturated rings. The first-order chi connectivity index (χ1) is 8.66. The van der Waals surface area contributed by atoms with Crippen LogP contribution in [0.2, 0.25) is 0 Å². The number of carbonyl (C=O) groups excluding carboxylic acids is 1. The lowest BCUT2D eigenvalue weighted by Crippen LogP contribution is -2.26. The molecule has 1 aromatic rings. The monoisotopic (exact) mass is 249 g/mol. The number of hydrogen-bond donors (Lipinski definition) is 1. The van der Waals surface area contributed by atoms with Crippen LogP contribution >= 0.6 is 0 Å². The molecular formula is C12H11NO5. The van der Waals surface area contributed by atoms with Gasteiger partial charge in [-0.25, -0.2) is 0 Å². The summed E-state index contributed by atoms with van der Waals surface area (Å²) >= 11 is 0. The number of benzene rings is 1. The van der Waals surface area contributed by atoms with Gasteiger partial charge >= 0.3 is 5.97 Å². The van der Waals surface area contributed by atoms with E-state index in [9.17, 15) is 9.59 Å². The molecule has 18 heavy (non-hydrogen) atoms. The van der Waals surface area contributed by atoms with Gasteiger partial charge in [-0.05, 0) is 12.1 Å². The summed E-state index contributed by atoms with van der Waals surface area (Å²) in [5, 5.41) is 8.95. The molecule has 0 bridgehead atoms.